The molecule has 0 heterocycles. The van der Waals surface area contributed by atoms with E-state index in [1.54, 1.807) is 11.8 Å². The molecule has 0 unspecified atom stereocenters. The largest absolute Gasteiger partial charge is 0.325 e. The number of nitrogens with one attached hydrogen (secondary N) is 1. The lowest BCUT2D eigenvalue weighted by molar-refractivity contribution is -0.113. The fourth-order valence-corrected chi connectivity index (χ4v) is 3.58. The van der Waals surface area contributed by atoms with Crippen LogP contribution < -0.4 is 5.32 Å². The molecule has 2 nitrogen and oxygen atoms in total. The minimum atomic E-state index is 0.0499. The first-order valence-corrected chi connectivity index (χ1v) is 9.21. The van der Waals surface area contributed by atoms with E-state index in [-0.39, 0.29) is 5.91 Å². The van der Waals surface area contributed by atoms with Crippen molar-refractivity contribution in [3.8, 4) is 0 Å². The summed E-state index contributed by atoms with van der Waals surface area (Å²) in [7, 11) is 0. The summed E-state index contributed by atoms with van der Waals surface area (Å²) in [4.78, 5) is 12.2. The molecule has 0 saturated carbocycles. The molecular formula is C21H21NOS. The Morgan fingerprint density at radius 1 is 0.958 bits per heavy atom. The summed E-state index contributed by atoms with van der Waals surface area (Å²) >= 11 is 1.65. The van der Waals surface area contributed by atoms with Crippen molar-refractivity contribution >= 4 is 34.1 Å². The number of amides is 1. The third-order valence-electron chi connectivity index (χ3n) is 4.25. The van der Waals surface area contributed by atoms with Crippen LogP contribution in [0.25, 0.3) is 10.8 Å². The van der Waals surface area contributed by atoms with E-state index >= 15 is 0 Å². The van der Waals surface area contributed by atoms with E-state index in [1.165, 1.54) is 21.9 Å². The van der Waals surface area contributed by atoms with Crippen molar-refractivity contribution in [1.29, 1.82) is 0 Å². The van der Waals surface area contributed by atoms with Gasteiger partial charge >= 0.3 is 0 Å². The van der Waals surface area contributed by atoms with E-state index < -0.39 is 0 Å². The number of hydrogen-bond acceptors (Lipinski definition) is 2. The lowest BCUT2D eigenvalue weighted by atomic mass is 10.1. The van der Waals surface area contributed by atoms with Crippen molar-refractivity contribution in [2.75, 3.05) is 11.1 Å². The molecule has 122 valence electrons. The van der Waals surface area contributed by atoms with Gasteiger partial charge in [0.1, 0.15) is 0 Å². The van der Waals surface area contributed by atoms with E-state index in [4.69, 9.17) is 0 Å². The van der Waals surface area contributed by atoms with Crippen molar-refractivity contribution in [3.05, 3.63) is 77.4 Å². The van der Waals surface area contributed by atoms with Crippen LogP contribution in [0.3, 0.4) is 0 Å². The fourth-order valence-electron chi connectivity index (χ4n) is 2.74. The fraction of sp³-hybridized carbons (Fsp3) is 0.190. The molecule has 3 aromatic rings. The van der Waals surface area contributed by atoms with Crippen LogP contribution >= 0.6 is 11.8 Å². The molecule has 0 aliphatic rings. The normalized spacial score (nSPS) is 10.8. The summed E-state index contributed by atoms with van der Waals surface area (Å²) in [6.45, 7) is 4.09. The van der Waals surface area contributed by atoms with Crippen LogP contribution in [-0.2, 0) is 10.5 Å². The molecule has 0 radical (unpaired) electrons. The zero-order valence-corrected chi connectivity index (χ0v) is 14.8. The third-order valence-corrected chi connectivity index (χ3v) is 5.23. The first-order chi connectivity index (χ1) is 11.6. The highest BCUT2D eigenvalue weighted by Gasteiger charge is 2.07. The van der Waals surface area contributed by atoms with E-state index in [0.29, 0.717) is 5.75 Å². The molecule has 24 heavy (non-hydrogen) atoms. The second kappa shape index (κ2) is 7.54. The molecule has 0 aliphatic heterocycles. The summed E-state index contributed by atoms with van der Waals surface area (Å²) in [5, 5.41) is 5.53. The molecule has 1 N–H and O–H groups in total. The van der Waals surface area contributed by atoms with Gasteiger partial charge in [-0.05, 0) is 47.4 Å². The number of thioether (sulfide) groups is 1. The smallest absolute Gasteiger partial charge is 0.234 e. The standard InChI is InChI=1S/C21H21NOS/c1-15-7-5-12-20(16(15)2)22-21(23)14-24-13-18-10-6-9-17-8-3-4-11-19(17)18/h3-12H,13-14H2,1-2H3,(H,22,23). The molecular weight excluding hydrogens is 314 g/mol. The lowest BCUT2D eigenvalue weighted by Gasteiger charge is -2.10. The van der Waals surface area contributed by atoms with Crippen LogP contribution in [-0.4, -0.2) is 11.7 Å². The monoisotopic (exact) mass is 335 g/mol. The maximum absolute atomic E-state index is 12.2. The molecule has 0 aromatic heterocycles. The highest BCUT2D eigenvalue weighted by Crippen LogP contribution is 2.23. The van der Waals surface area contributed by atoms with Gasteiger partial charge in [0.15, 0.2) is 0 Å². The average Bonchev–Trinajstić information content (AvgIpc) is 2.59. The molecule has 3 heteroatoms. The van der Waals surface area contributed by atoms with E-state index in [1.807, 2.05) is 19.1 Å². The van der Waals surface area contributed by atoms with Gasteiger partial charge in [-0.1, -0.05) is 54.6 Å². The van der Waals surface area contributed by atoms with Crippen molar-refractivity contribution < 1.29 is 4.79 Å². The van der Waals surface area contributed by atoms with Gasteiger partial charge in [0.05, 0.1) is 5.75 Å². The Hall–Kier alpha value is -2.26. The Morgan fingerprint density at radius 3 is 2.58 bits per heavy atom. The SMILES string of the molecule is Cc1cccc(NC(=O)CSCc2cccc3ccccc23)c1C. The topological polar surface area (TPSA) is 29.1 Å². The molecule has 0 aliphatic carbocycles. The van der Waals surface area contributed by atoms with E-state index in [9.17, 15) is 4.79 Å². The van der Waals surface area contributed by atoms with Gasteiger partial charge in [-0.25, -0.2) is 0 Å². The number of aryl methyl sites for hydroxylation is 1. The molecule has 3 rings (SSSR count). The Morgan fingerprint density at radius 2 is 1.71 bits per heavy atom. The number of carbonyl (C=O) groups excluding carboxylic acids is 1. The van der Waals surface area contributed by atoms with Crippen molar-refractivity contribution in [2.45, 2.75) is 19.6 Å². The van der Waals surface area contributed by atoms with Crippen molar-refractivity contribution in [3.63, 3.8) is 0 Å². The first kappa shape index (κ1) is 16.6. The molecule has 1 amide bonds. The van der Waals surface area contributed by atoms with Crippen molar-refractivity contribution in [1.82, 2.24) is 0 Å². The summed E-state index contributed by atoms with van der Waals surface area (Å²) in [6, 6.07) is 20.7. The maximum Gasteiger partial charge on any atom is 0.234 e. The number of carbonyl (C=O) groups is 1. The number of anilines is 1. The van der Waals surface area contributed by atoms with Crippen molar-refractivity contribution in [2.24, 2.45) is 0 Å². The average molecular weight is 335 g/mol. The van der Waals surface area contributed by atoms with Gasteiger partial charge in [0.25, 0.3) is 0 Å². The van der Waals surface area contributed by atoms with Gasteiger partial charge < -0.3 is 5.32 Å². The first-order valence-electron chi connectivity index (χ1n) is 8.05. The highest BCUT2D eigenvalue weighted by atomic mass is 32.2. The predicted octanol–water partition coefficient (Wildman–Crippen LogP) is 5.33. The van der Waals surface area contributed by atoms with Crippen LogP contribution in [0.2, 0.25) is 0 Å². The molecule has 3 aromatic carbocycles. The van der Waals surface area contributed by atoms with Gasteiger partial charge in [-0.15, -0.1) is 11.8 Å². The number of rotatable bonds is 5. The quantitative estimate of drug-likeness (QED) is 0.683. The van der Waals surface area contributed by atoms with Crippen LogP contribution in [0, 0.1) is 13.8 Å². The van der Waals surface area contributed by atoms with Gasteiger partial charge in [0, 0.05) is 11.4 Å². The van der Waals surface area contributed by atoms with Crippen LogP contribution in [0.5, 0.6) is 0 Å². The maximum atomic E-state index is 12.2. The minimum absolute atomic E-state index is 0.0499. The van der Waals surface area contributed by atoms with Crippen LogP contribution in [0.15, 0.2) is 60.7 Å². The minimum Gasteiger partial charge on any atom is -0.325 e. The van der Waals surface area contributed by atoms with Gasteiger partial charge in [-0.3, -0.25) is 4.79 Å². The summed E-state index contributed by atoms with van der Waals surface area (Å²) in [5.74, 6) is 1.34. The molecule has 0 saturated heterocycles. The van der Waals surface area contributed by atoms with Gasteiger partial charge in [-0.2, -0.15) is 0 Å². The Balaban J connectivity index is 1.60. The summed E-state index contributed by atoms with van der Waals surface area (Å²) in [6.07, 6.45) is 0. The zero-order valence-electron chi connectivity index (χ0n) is 14.0. The number of hydrogen-bond donors (Lipinski definition) is 1. The highest BCUT2D eigenvalue weighted by molar-refractivity contribution is 7.99. The Kier molecular flexibility index (Phi) is 5.21. The zero-order chi connectivity index (χ0) is 16.9. The lowest BCUT2D eigenvalue weighted by Crippen LogP contribution is -2.15. The van der Waals surface area contributed by atoms with Crippen LogP contribution in [0.4, 0.5) is 5.69 Å². The molecule has 0 atom stereocenters. The summed E-state index contributed by atoms with van der Waals surface area (Å²) < 4.78 is 0. The van der Waals surface area contributed by atoms with E-state index in [2.05, 4.69) is 60.8 Å². The third kappa shape index (κ3) is 3.80. The molecule has 0 fully saturated rings. The Bertz CT molecular complexity index is 867. The molecule has 0 bridgehead atoms. The van der Waals surface area contributed by atoms with Gasteiger partial charge in [0.2, 0.25) is 5.91 Å². The molecule has 0 spiro atoms. The number of benzene rings is 3. The second-order valence-electron chi connectivity index (χ2n) is 5.93. The van der Waals surface area contributed by atoms with E-state index in [0.717, 1.165) is 17.0 Å². The summed E-state index contributed by atoms with van der Waals surface area (Å²) in [5.41, 5.74) is 4.50. The number of fused-ring (bicyclic) bond motifs is 1. The Labute approximate surface area is 147 Å². The second-order valence-corrected chi connectivity index (χ2v) is 6.91. The predicted molar refractivity (Wildman–Crippen MR) is 105 cm³/mol. The van der Waals surface area contributed by atoms with Crippen LogP contribution in [0.1, 0.15) is 16.7 Å².